The Kier molecular flexibility index (Phi) is 5.90. The lowest BCUT2D eigenvalue weighted by molar-refractivity contribution is 0.471. The standard InChI is InChI=1S/C16H29N3/c1-3-11-17-14(2)8-6-7-12-19-13-18-15-9-4-5-10-16(15)19/h13-14,17H,3-12H2,1-2H3. The Hall–Kier alpha value is -0.830. The van der Waals surface area contributed by atoms with Crippen LogP contribution in [0.2, 0.25) is 0 Å². The van der Waals surface area contributed by atoms with Crippen LogP contribution in [0.15, 0.2) is 6.33 Å². The van der Waals surface area contributed by atoms with Crippen LogP contribution in [-0.2, 0) is 19.4 Å². The van der Waals surface area contributed by atoms with Crippen LogP contribution >= 0.6 is 0 Å². The van der Waals surface area contributed by atoms with Gasteiger partial charge in [-0.2, -0.15) is 0 Å². The van der Waals surface area contributed by atoms with E-state index in [1.807, 2.05) is 0 Å². The molecule has 0 aliphatic heterocycles. The molecule has 0 spiro atoms. The van der Waals surface area contributed by atoms with Crippen LogP contribution in [0.5, 0.6) is 0 Å². The summed E-state index contributed by atoms with van der Waals surface area (Å²) in [5, 5.41) is 3.56. The van der Waals surface area contributed by atoms with Crippen molar-refractivity contribution >= 4 is 0 Å². The first-order valence-corrected chi connectivity index (χ1v) is 8.07. The highest BCUT2D eigenvalue weighted by Gasteiger charge is 2.14. The maximum Gasteiger partial charge on any atom is 0.0951 e. The molecular formula is C16H29N3. The highest BCUT2D eigenvalue weighted by atomic mass is 15.1. The molecule has 0 bridgehead atoms. The number of hydrogen-bond donors (Lipinski definition) is 1. The summed E-state index contributed by atoms with van der Waals surface area (Å²) in [7, 11) is 0. The zero-order chi connectivity index (χ0) is 13.5. The lowest BCUT2D eigenvalue weighted by atomic mass is 10.0. The second-order valence-corrected chi connectivity index (χ2v) is 5.89. The lowest BCUT2D eigenvalue weighted by Gasteiger charge is -2.15. The minimum absolute atomic E-state index is 0.664. The zero-order valence-corrected chi connectivity index (χ0v) is 12.6. The number of fused-ring (bicyclic) bond motifs is 1. The lowest BCUT2D eigenvalue weighted by Crippen LogP contribution is -2.26. The van der Waals surface area contributed by atoms with Crippen LogP contribution in [0.4, 0.5) is 0 Å². The Morgan fingerprint density at radius 1 is 1.32 bits per heavy atom. The van der Waals surface area contributed by atoms with Crippen LogP contribution in [0, 0.1) is 0 Å². The van der Waals surface area contributed by atoms with E-state index in [1.54, 1.807) is 0 Å². The van der Waals surface area contributed by atoms with Gasteiger partial charge in [0.1, 0.15) is 0 Å². The fourth-order valence-corrected chi connectivity index (χ4v) is 2.95. The molecule has 1 aromatic rings. The Labute approximate surface area is 117 Å². The fourth-order valence-electron chi connectivity index (χ4n) is 2.95. The van der Waals surface area contributed by atoms with Crippen LogP contribution in [0.1, 0.15) is 63.8 Å². The van der Waals surface area contributed by atoms with Gasteiger partial charge in [0.25, 0.3) is 0 Å². The molecule has 1 heterocycles. The predicted octanol–water partition coefficient (Wildman–Crippen LogP) is 3.32. The quantitative estimate of drug-likeness (QED) is 0.729. The summed E-state index contributed by atoms with van der Waals surface area (Å²) in [6.45, 7) is 6.83. The van der Waals surface area contributed by atoms with Crippen LogP contribution in [0.3, 0.4) is 0 Å². The average Bonchev–Trinajstić information content (AvgIpc) is 2.85. The van der Waals surface area contributed by atoms with Gasteiger partial charge in [-0.15, -0.1) is 0 Å². The van der Waals surface area contributed by atoms with E-state index in [1.165, 1.54) is 62.8 Å². The van der Waals surface area contributed by atoms with E-state index in [0.717, 1.165) is 13.1 Å². The van der Waals surface area contributed by atoms with Gasteiger partial charge >= 0.3 is 0 Å². The predicted molar refractivity (Wildman–Crippen MR) is 80.5 cm³/mol. The first kappa shape index (κ1) is 14.6. The van der Waals surface area contributed by atoms with Crippen molar-refractivity contribution in [3.63, 3.8) is 0 Å². The van der Waals surface area contributed by atoms with Gasteiger partial charge in [-0.25, -0.2) is 4.98 Å². The van der Waals surface area contributed by atoms with E-state index < -0.39 is 0 Å². The maximum atomic E-state index is 4.56. The van der Waals surface area contributed by atoms with Gasteiger partial charge in [-0.1, -0.05) is 13.3 Å². The van der Waals surface area contributed by atoms with Crippen molar-refractivity contribution in [3.05, 3.63) is 17.7 Å². The molecule has 0 aromatic carbocycles. The minimum Gasteiger partial charge on any atom is -0.334 e. The molecule has 108 valence electrons. The molecule has 0 fully saturated rings. The van der Waals surface area contributed by atoms with Crippen molar-refractivity contribution in [2.24, 2.45) is 0 Å². The van der Waals surface area contributed by atoms with Crippen LogP contribution in [0.25, 0.3) is 0 Å². The van der Waals surface area contributed by atoms with Gasteiger partial charge in [0, 0.05) is 18.3 Å². The molecule has 1 atom stereocenters. The van der Waals surface area contributed by atoms with Gasteiger partial charge in [-0.05, 0) is 58.4 Å². The molecule has 1 unspecified atom stereocenters. The molecule has 1 aromatic heterocycles. The van der Waals surface area contributed by atoms with Crippen LogP contribution < -0.4 is 5.32 Å². The molecule has 3 heteroatoms. The summed E-state index contributed by atoms with van der Waals surface area (Å²) < 4.78 is 2.40. The summed E-state index contributed by atoms with van der Waals surface area (Å²) in [4.78, 5) is 4.56. The third-order valence-corrected chi connectivity index (χ3v) is 4.14. The maximum absolute atomic E-state index is 4.56. The normalized spacial score (nSPS) is 16.3. The van der Waals surface area contributed by atoms with E-state index >= 15 is 0 Å². The molecule has 0 amide bonds. The van der Waals surface area contributed by atoms with Crippen molar-refractivity contribution in [1.82, 2.24) is 14.9 Å². The van der Waals surface area contributed by atoms with E-state index in [0.29, 0.717) is 6.04 Å². The van der Waals surface area contributed by atoms with E-state index in [4.69, 9.17) is 0 Å². The van der Waals surface area contributed by atoms with E-state index in [-0.39, 0.29) is 0 Å². The van der Waals surface area contributed by atoms with Crippen molar-refractivity contribution in [3.8, 4) is 0 Å². The SMILES string of the molecule is CCCNC(C)CCCCn1cnc2c1CCCC2. The first-order chi connectivity index (χ1) is 9.31. The minimum atomic E-state index is 0.664. The van der Waals surface area contributed by atoms with E-state index in [2.05, 4.69) is 35.0 Å². The Balaban J connectivity index is 1.67. The number of aryl methyl sites for hydroxylation is 2. The number of aromatic nitrogens is 2. The van der Waals surface area contributed by atoms with Gasteiger partial charge in [0.15, 0.2) is 0 Å². The van der Waals surface area contributed by atoms with Gasteiger partial charge < -0.3 is 9.88 Å². The molecule has 1 aliphatic carbocycles. The third-order valence-electron chi connectivity index (χ3n) is 4.14. The van der Waals surface area contributed by atoms with Gasteiger partial charge in [0.05, 0.1) is 12.0 Å². The molecule has 3 nitrogen and oxygen atoms in total. The highest BCUT2D eigenvalue weighted by molar-refractivity contribution is 5.16. The number of nitrogens with zero attached hydrogens (tertiary/aromatic N) is 2. The Morgan fingerprint density at radius 2 is 2.16 bits per heavy atom. The monoisotopic (exact) mass is 263 g/mol. The summed E-state index contributed by atoms with van der Waals surface area (Å²) in [5.74, 6) is 0. The fraction of sp³-hybridized carbons (Fsp3) is 0.812. The molecule has 0 radical (unpaired) electrons. The topological polar surface area (TPSA) is 29.9 Å². The number of imidazole rings is 1. The number of unbranched alkanes of at least 4 members (excludes halogenated alkanes) is 1. The molecule has 2 rings (SSSR count). The summed E-state index contributed by atoms with van der Waals surface area (Å²) in [6, 6.07) is 0.664. The Bertz CT molecular complexity index is 370. The molecule has 0 saturated carbocycles. The molecular weight excluding hydrogens is 234 g/mol. The van der Waals surface area contributed by atoms with Crippen molar-refractivity contribution in [1.29, 1.82) is 0 Å². The largest absolute Gasteiger partial charge is 0.334 e. The second-order valence-electron chi connectivity index (χ2n) is 5.89. The number of rotatable bonds is 8. The van der Waals surface area contributed by atoms with Gasteiger partial charge in [0.2, 0.25) is 0 Å². The highest BCUT2D eigenvalue weighted by Crippen LogP contribution is 2.20. The van der Waals surface area contributed by atoms with Crippen molar-refractivity contribution in [2.75, 3.05) is 6.54 Å². The molecule has 1 N–H and O–H groups in total. The van der Waals surface area contributed by atoms with E-state index in [9.17, 15) is 0 Å². The van der Waals surface area contributed by atoms with Crippen molar-refractivity contribution < 1.29 is 0 Å². The smallest absolute Gasteiger partial charge is 0.0951 e. The third kappa shape index (κ3) is 4.34. The molecule has 19 heavy (non-hydrogen) atoms. The summed E-state index contributed by atoms with van der Waals surface area (Å²) in [5.41, 5.74) is 2.88. The number of nitrogens with one attached hydrogen (secondary N) is 1. The first-order valence-electron chi connectivity index (χ1n) is 8.07. The van der Waals surface area contributed by atoms with Crippen molar-refractivity contribution in [2.45, 2.75) is 77.8 Å². The number of hydrogen-bond acceptors (Lipinski definition) is 2. The Morgan fingerprint density at radius 3 is 3.00 bits per heavy atom. The van der Waals surface area contributed by atoms with Gasteiger partial charge in [-0.3, -0.25) is 0 Å². The average molecular weight is 263 g/mol. The summed E-state index contributed by atoms with van der Waals surface area (Å²) >= 11 is 0. The summed E-state index contributed by atoms with van der Waals surface area (Å²) in [6.07, 6.45) is 12.3. The molecule has 1 aliphatic rings. The zero-order valence-electron chi connectivity index (χ0n) is 12.6. The second kappa shape index (κ2) is 7.68. The molecule has 0 saturated heterocycles. The van der Waals surface area contributed by atoms with Crippen LogP contribution in [-0.4, -0.2) is 22.1 Å².